The van der Waals surface area contributed by atoms with Gasteiger partial charge in [0.2, 0.25) is 10.0 Å². The Morgan fingerprint density at radius 2 is 2.00 bits per heavy atom. The van der Waals surface area contributed by atoms with Gasteiger partial charge in [0.15, 0.2) is 0 Å². The van der Waals surface area contributed by atoms with Gasteiger partial charge in [-0.15, -0.1) is 11.3 Å². The number of benzene rings is 1. The standard InChI is InChI=1S/C18H21NO4S2/c1-2-15(18(20)21)19-12-16-17(25(19,22)23)11-14(24-16)10-6-9-13-7-4-3-5-8-13/h3-5,7-8,11,15H,2,6,9-10,12H2,1H3,(H,20,21). The smallest absolute Gasteiger partial charge is 0.322 e. The van der Waals surface area contributed by atoms with Gasteiger partial charge in [-0.1, -0.05) is 37.3 Å². The van der Waals surface area contributed by atoms with E-state index >= 15 is 0 Å². The molecule has 2 aromatic rings. The Hall–Kier alpha value is -1.70. The third-order valence-corrected chi connectivity index (χ3v) is 7.69. The van der Waals surface area contributed by atoms with Crippen LogP contribution in [0.2, 0.25) is 0 Å². The van der Waals surface area contributed by atoms with E-state index in [-0.39, 0.29) is 13.0 Å². The van der Waals surface area contributed by atoms with Gasteiger partial charge in [0.25, 0.3) is 0 Å². The summed E-state index contributed by atoms with van der Waals surface area (Å²) in [4.78, 5) is 13.4. The summed E-state index contributed by atoms with van der Waals surface area (Å²) < 4.78 is 26.4. The summed E-state index contributed by atoms with van der Waals surface area (Å²) in [7, 11) is -3.70. The summed E-state index contributed by atoms with van der Waals surface area (Å²) in [6, 6.07) is 10.9. The largest absolute Gasteiger partial charge is 0.480 e. The summed E-state index contributed by atoms with van der Waals surface area (Å²) in [5.74, 6) is -1.09. The van der Waals surface area contributed by atoms with Crippen molar-refractivity contribution < 1.29 is 18.3 Å². The molecule has 0 aliphatic carbocycles. The third-order valence-electron chi connectivity index (χ3n) is 4.46. The van der Waals surface area contributed by atoms with Crippen molar-refractivity contribution in [3.8, 4) is 0 Å². The van der Waals surface area contributed by atoms with Gasteiger partial charge in [0.1, 0.15) is 6.04 Å². The van der Waals surface area contributed by atoms with Crippen molar-refractivity contribution in [3.63, 3.8) is 0 Å². The monoisotopic (exact) mass is 379 g/mol. The molecule has 25 heavy (non-hydrogen) atoms. The third kappa shape index (κ3) is 3.63. The van der Waals surface area contributed by atoms with Crippen molar-refractivity contribution in [2.24, 2.45) is 0 Å². The SMILES string of the molecule is CCC(C(=O)O)N1Cc2sc(CCCc3ccccc3)cc2S1(=O)=O. The summed E-state index contributed by atoms with van der Waals surface area (Å²) in [6.45, 7) is 1.86. The lowest BCUT2D eigenvalue weighted by Crippen LogP contribution is -2.40. The van der Waals surface area contributed by atoms with Gasteiger partial charge in [-0.25, -0.2) is 8.42 Å². The van der Waals surface area contributed by atoms with E-state index < -0.39 is 22.0 Å². The van der Waals surface area contributed by atoms with E-state index in [9.17, 15) is 18.3 Å². The molecule has 0 radical (unpaired) electrons. The van der Waals surface area contributed by atoms with Crippen LogP contribution in [0.3, 0.4) is 0 Å². The van der Waals surface area contributed by atoms with E-state index in [1.165, 1.54) is 16.9 Å². The predicted octanol–water partition coefficient (Wildman–Crippen LogP) is 3.29. The molecule has 1 aromatic carbocycles. The van der Waals surface area contributed by atoms with Crippen molar-refractivity contribution in [1.29, 1.82) is 0 Å². The van der Waals surface area contributed by atoms with Gasteiger partial charge < -0.3 is 5.11 Å². The fraction of sp³-hybridized carbons (Fsp3) is 0.389. The van der Waals surface area contributed by atoms with Crippen molar-refractivity contribution in [1.82, 2.24) is 4.31 Å². The molecule has 1 atom stereocenters. The van der Waals surface area contributed by atoms with Crippen LogP contribution < -0.4 is 0 Å². The maximum absolute atomic E-state index is 12.7. The molecule has 0 saturated heterocycles. The van der Waals surface area contributed by atoms with Crippen LogP contribution in [0.15, 0.2) is 41.3 Å². The van der Waals surface area contributed by atoms with E-state index in [4.69, 9.17) is 0 Å². The van der Waals surface area contributed by atoms with Crippen molar-refractivity contribution in [3.05, 3.63) is 51.7 Å². The Balaban J connectivity index is 1.69. The first-order chi connectivity index (χ1) is 11.9. The maximum atomic E-state index is 12.7. The van der Waals surface area contributed by atoms with Crippen LogP contribution in [-0.2, 0) is 34.2 Å². The number of rotatable bonds is 7. The molecule has 1 N–H and O–H groups in total. The Morgan fingerprint density at radius 3 is 2.60 bits per heavy atom. The Kier molecular flexibility index (Phi) is 5.27. The second-order valence-electron chi connectivity index (χ2n) is 6.15. The molecule has 0 fully saturated rings. The second-order valence-corrected chi connectivity index (χ2v) is 9.23. The summed E-state index contributed by atoms with van der Waals surface area (Å²) in [6.07, 6.45) is 3.00. The molecule has 0 spiro atoms. The van der Waals surface area contributed by atoms with Crippen molar-refractivity contribution in [2.45, 2.75) is 50.1 Å². The number of sulfonamides is 1. The van der Waals surface area contributed by atoms with E-state index in [1.54, 1.807) is 13.0 Å². The summed E-state index contributed by atoms with van der Waals surface area (Å²) in [5.41, 5.74) is 1.28. The maximum Gasteiger partial charge on any atom is 0.322 e. The first-order valence-electron chi connectivity index (χ1n) is 8.33. The Bertz CT molecular complexity index is 858. The highest BCUT2D eigenvalue weighted by Gasteiger charge is 2.42. The number of hydrogen-bond acceptors (Lipinski definition) is 4. The second kappa shape index (κ2) is 7.27. The molecular formula is C18H21NO4S2. The van der Waals surface area contributed by atoms with Crippen molar-refractivity contribution in [2.75, 3.05) is 0 Å². The van der Waals surface area contributed by atoms with Gasteiger partial charge >= 0.3 is 5.97 Å². The number of aryl methyl sites for hydroxylation is 2. The zero-order valence-electron chi connectivity index (χ0n) is 14.0. The topological polar surface area (TPSA) is 74.7 Å². The van der Waals surface area contributed by atoms with Crippen LogP contribution in [0.25, 0.3) is 0 Å². The fourth-order valence-corrected chi connectivity index (χ4v) is 6.63. The first-order valence-corrected chi connectivity index (χ1v) is 10.6. The number of hydrogen-bond donors (Lipinski definition) is 1. The molecule has 3 rings (SSSR count). The van der Waals surface area contributed by atoms with Crippen LogP contribution in [0, 0.1) is 0 Å². The summed E-state index contributed by atoms with van der Waals surface area (Å²) >= 11 is 1.49. The molecule has 1 aliphatic rings. The molecule has 0 bridgehead atoms. The van der Waals surface area contributed by atoms with Crippen LogP contribution in [-0.4, -0.2) is 29.8 Å². The van der Waals surface area contributed by atoms with E-state index in [1.807, 2.05) is 18.2 Å². The lowest BCUT2D eigenvalue weighted by molar-refractivity contribution is -0.141. The van der Waals surface area contributed by atoms with E-state index in [0.717, 1.165) is 33.3 Å². The molecule has 5 nitrogen and oxygen atoms in total. The van der Waals surface area contributed by atoms with Gasteiger partial charge in [-0.3, -0.25) is 4.79 Å². The van der Waals surface area contributed by atoms with Crippen molar-refractivity contribution >= 4 is 27.3 Å². The Labute approximate surface area is 152 Å². The molecule has 1 aromatic heterocycles. The highest BCUT2D eigenvalue weighted by atomic mass is 32.2. The van der Waals surface area contributed by atoms with Gasteiger partial charge in [0.05, 0.1) is 11.4 Å². The van der Waals surface area contributed by atoms with Crippen LogP contribution >= 0.6 is 11.3 Å². The minimum absolute atomic E-state index is 0.172. The average Bonchev–Trinajstić information content (AvgIpc) is 3.08. The van der Waals surface area contributed by atoms with E-state index in [2.05, 4.69) is 12.1 Å². The number of fused-ring (bicyclic) bond motifs is 1. The first kappa shape index (κ1) is 18.1. The minimum Gasteiger partial charge on any atom is -0.480 e. The van der Waals surface area contributed by atoms with Crippen LogP contribution in [0.1, 0.15) is 35.1 Å². The molecule has 134 valence electrons. The molecule has 2 heterocycles. The minimum atomic E-state index is -3.70. The highest BCUT2D eigenvalue weighted by molar-refractivity contribution is 7.89. The zero-order chi connectivity index (χ0) is 18.0. The van der Waals surface area contributed by atoms with Crippen LogP contribution in [0.5, 0.6) is 0 Å². The molecule has 0 saturated carbocycles. The molecule has 0 amide bonds. The lowest BCUT2D eigenvalue weighted by Gasteiger charge is -2.21. The fourth-order valence-electron chi connectivity index (χ4n) is 3.16. The number of thiophene rings is 1. The van der Waals surface area contributed by atoms with Gasteiger partial charge in [-0.05, 0) is 37.3 Å². The summed E-state index contributed by atoms with van der Waals surface area (Å²) in [5, 5.41) is 9.26. The predicted molar refractivity (Wildman–Crippen MR) is 97.2 cm³/mol. The van der Waals surface area contributed by atoms with Gasteiger partial charge in [-0.2, -0.15) is 4.31 Å². The molecule has 1 unspecified atom stereocenters. The van der Waals surface area contributed by atoms with E-state index in [0.29, 0.717) is 4.90 Å². The highest BCUT2D eigenvalue weighted by Crippen LogP contribution is 2.38. The number of carbonyl (C=O) groups is 1. The zero-order valence-corrected chi connectivity index (χ0v) is 15.6. The number of carboxylic acid groups (broad SMARTS) is 1. The lowest BCUT2D eigenvalue weighted by atomic mass is 10.1. The molecule has 1 aliphatic heterocycles. The Morgan fingerprint density at radius 1 is 1.28 bits per heavy atom. The molecular weight excluding hydrogens is 358 g/mol. The number of nitrogens with zero attached hydrogens (tertiary/aromatic N) is 1. The number of aliphatic carboxylic acids is 1. The average molecular weight is 380 g/mol. The number of carboxylic acids is 1. The normalized spacial score (nSPS) is 17.3. The van der Waals surface area contributed by atoms with Gasteiger partial charge in [0, 0.05) is 9.75 Å². The van der Waals surface area contributed by atoms with Crippen LogP contribution in [0.4, 0.5) is 0 Å². The molecule has 7 heteroatoms. The quantitative estimate of drug-likeness (QED) is 0.801.